The van der Waals surface area contributed by atoms with Crippen LogP contribution in [0.3, 0.4) is 0 Å². The molecule has 0 unspecified atom stereocenters. The highest BCUT2D eigenvalue weighted by atomic mass is 79.9. The number of aromatic nitrogens is 2. The number of nitrogens with zero attached hydrogens (tertiary/aromatic N) is 2. The molecular weight excluding hydrogens is 246 g/mol. The van der Waals surface area contributed by atoms with Gasteiger partial charge in [0.25, 0.3) is 0 Å². The molecule has 1 heterocycles. The van der Waals surface area contributed by atoms with E-state index >= 15 is 0 Å². The third-order valence-electron chi connectivity index (χ3n) is 1.28. The van der Waals surface area contributed by atoms with Crippen molar-refractivity contribution < 1.29 is 4.79 Å². The first-order valence-electron chi connectivity index (χ1n) is 3.86. The van der Waals surface area contributed by atoms with Gasteiger partial charge in [-0.1, -0.05) is 5.92 Å². The van der Waals surface area contributed by atoms with Gasteiger partial charge in [-0.2, -0.15) is 0 Å². The molecule has 0 aliphatic rings. The first-order chi connectivity index (χ1) is 6.63. The molecule has 0 radical (unpaired) electrons. The number of hydrogen-bond donors (Lipinski definition) is 1. The zero-order valence-electron chi connectivity index (χ0n) is 7.76. The molecule has 0 saturated heterocycles. The summed E-state index contributed by atoms with van der Waals surface area (Å²) in [5, 5.41) is 2.55. The molecule has 0 bridgehead atoms. The number of rotatable bonds is 1. The molecular formula is C9H8BrN3O. The summed E-state index contributed by atoms with van der Waals surface area (Å²) in [6.45, 7) is 3.10. The molecule has 4 nitrogen and oxygen atoms in total. The van der Waals surface area contributed by atoms with Gasteiger partial charge in [0, 0.05) is 6.92 Å². The van der Waals surface area contributed by atoms with Crippen LogP contribution in [0, 0.1) is 11.8 Å². The summed E-state index contributed by atoms with van der Waals surface area (Å²) in [5.41, 5.74) is 0.456. The molecule has 0 aliphatic heterocycles. The first kappa shape index (κ1) is 10.7. The molecule has 1 amide bonds. The second-order valence-corrected chi connectivity index (χ2v) is 3.26. The minimum absolute atomic E-state index is 0.194. The van der Waals surface area contributed by atoms with E-state index in [0.717, 1.165) is 0 Å². The number of carbonyl (C=O) groups is 1. The summed E-state index contributed by atoms with van der Waals surface area (Å²) in [6, 6.07) is 0. The molecule has 1 aromatic rings. The standard InChI is InChI=1S/C9H8BrN3O/c1-3-4-7-9(12-6(2)14)11-5-8(10)13-7/h5H,1-2H3,(H,11,12,14). The van der Waals surface area contributed by atoms with E-state index in [2.05, 4.69) is 43.1 Å². The van der Waals surface area contributed by atoms with Crippen molar-refractivity contribution in [2.75, 3.05) is 5.32 Å². The van der Waals surface area contributed by atoms with E-state index in [1.807, 2.05) is 0 Å². The Morgan fingerprint density at radius 2 is 2.36 bits per heavy atom. The topological polar surface area (TPSA) is 54.9 Å². The fourth-order valence-electron chi connectivity index (χ4n) is 0.831. The van der Waals surface area contributed by atoms with Gasteiger partial charge in [-0.15, -0.1) is 0 Å². The quantitative estimate of drug-likeness (QED) is 0.774. The van der Waals surface area contributed by atoms with Crippen LogP contribution in [0.5, 0.6) is 0 Å². The lowest BCUT2D eigenvalue weighted by atomic mass is 10.4. The molecule has 0 aliphatic carbocycles. The fraction of sp³-hybridized carbons (Fsp3) is 0.222. The average Bonchev–Trinajstić information content (AvgIpc) is 2.09. The number of amides is 1. The molecule has 1 rings (SSSR count). The molecule has 0 aromatic carbocycles. The summed E-state index contributed by atoms with van der Waals surface area (Å²) in [5.74, 6) is 5.64. The Morgan fingerprint density at radius 3 is 2.93 bits per heavy atom. The van der Waals surface area contributed by atoms with Crippen molar-refractivity contribution >= 4 is 27.7 Å². The molecule has 14 heavy (non-hydrogen) atoms. The lowest BCUT2D eigenvalue weighted by Crippen LogP contribution is -2.10. The molecule has 5 heteroatoms. The van der Waals surface area contributed by atoms with Crippen LogP contribution in [-0.4, -0.2) is 15.9 Å². The molecule has 1 N–H and O–H groups in total. The minimum atomic E-state index is -0.194. The van der Waals surface area contributed by atoms with Gasteiger partial charge in [0.15, 0.2) is 11.5 Å². The van der Waals surface area contributed by atoms with E-state index in [-0.39, 0.29) is 5.91 Å². The SMILES string of the molecule is CC#Cc1nc(Br)cnc1NC(C)=O. The van der Waals surface area contributed by atoms with Crippen LogP contribution in [0.25, 0.3) is 0 Å². The van der Waals surface area contributed by atoms with Gasteiger partial charge >= 0.3 is 0 Å². The van der Waals surface area contributed by atoms with Crippen molar-refractivity contribution in [2.45, 2.75) is 13.8 Å². The summed E-state index contributed by atoms with van der Waals surface area (Å²) >= 11 is 3.18. The Bertz CT molecular complexity index is 420. The first-order valence-corrected chi connectivity index (χ1v) is 4.65. The summed E-state index contributed by atoms with van der Waals surface area (Å²) in [4.78, 5) is 18.9. The maximum Gasteiger partial charge on any atom is 0.222 e. The Hall–Kier alpha value is -1.41. The summed E-state index contributed by atoms with van der Waals surface area (Å²) in [7, 11) is 0. The average molecular weight is 254 g/mol. The largest absolute Gasteiger partial charge is 0.309 e. The van der Waals surface area contributed by atoms with Crippen molar-refractivity contribution in [2.24, 2.45) is 0 Å². The third-order valence-corrected chi connectivity index (χ3v) is 1.66. The number of nitrogens with one attached hydrogen (secondary N) is 1. The Kier molecular flexibility index (Phi) is 3.60. The lowest BCUT2D eigenvalue weighted by molar-refractivity contribution is -0.114. The number of anilines is 1. The molecule has 1 aromatic heterocycles. The third kappa shape index (κ3) is 2.82. The van der Waals surface area contributed by atoms with Crippen LogP contribution < -0.4 is 5.32 Å². The predicted molar refractivity (Wildman–Crippen MR) is 56.6 cm³/mol. The normalized spacial score (nSPS) is 8.79. The van der Waals surface area contributed by atoms with Crippen LogP contribution in [0.1, 0.15) is 19.5 Å². The van der Waals surface area contributed by atoms with Crippen LogP contribution >= 0.6 is 15.9 Å². The molecule has 0 fully saturated rings. The lowest BCUT2D eigenvalue weighted by Gasteiger charge is -2.02. The highest BCUT2D eigenvalue weighted by molar-refractivity contribution is 9.10. The van der Waals surface area contributed by atoms with Crippen LogP contribution in [0.4, 0.5) is 5.82 Å². The van der Waals surface area contributed by atoms with Gasteiger partial charge in [0.1, 0.15) is 4.60 Å². The van der Waals surface area contributed by atoms with Crippen LogP contribution in [0.15, 0.2) is 10.8 Å². The highest BCUT2D eigenvalue weighted by Gasteiger charge is 2.05. The second kappa shape index (κ2) is 4.72. The molecule has 0 spiro atoms. The smallest absolute Gasteiger partial charge is 0.222 e. The molecule has 0 atom stereocenters. The van der Waals surface area contributed by atoms with Crippen LogP contribution in [-0.2, 0) is 4.79 Å². The zero-order valence-corrected chi connectivity index (χ0v) is 9.34. The van der Waals surface area contributed by atoms with Gasteiger partial charge < -0.3 is 5.32 Å². The van der Waals surface area contributed by atoms with Gasteiger partial charge in [-0.3, -0.25) is 4.79 Å². The molecule has 0 saturated carbocycles. The minimum Gasteiger partial charge on any atom is -0.309 e. The van der Waals surface area contributed by atoms with Gasteiger partial charge in [-0.05, 0) is 28.8 Å². The van der Waals surface area contributed by atoms with E-state index in [1.165, 1.54) is 13.1 Å². The van der Waals surface area contributed by atoms with Gasteiger partial charge in [0.2, 0.25) is 5.91 Å². The predicted octanol–water partition coefficient (Wildman–Crippen LogP) is 1.57. The van der Waals surface area contributed by atoms with E-state index in [1.54, 1.807) is 6.92 Å². The van der Waals surface area contributed by atoms with E-state index in [4.69, 9.17) is 0 Å². The number of hydrogen-bond acceptors (Lipinski definition) is 3. The Balaban J connectivity index is 3.12. The monoisotopic (exact) mass is 253 g/mol. The van der Waals surface area contributed by atoms with Crippen molar-refractivity contribution in [3.63, 3.8) is 0 Å². The highest BCUT2D eigenvalue weighted by Crippen LogP contribution is 2.12. The fourth-order valence-corrected chi connectivity index (χ4v) is 1.11. The van der Waals surface area contributed by atoms with Gasteiger partial charge in [0.05, 0.1) is 6.20 Å². The van der Waals surface area contributed by atoms with E-state index in [9.17, 15) is 4.79 Å². The zero-order chi connectivity index (χ0) is 10.6. The van der Waals surface area contributed by atoms with Crippen molar-refractivity contribution in [1.82, 2.24) is 9.97 Å². The van der Waals surface area contributed by atoms with E-state index < -0.39 is 0 Å². The van der Waals surface area contributed by atoms with Crippen LogP contribution in [0.2, 0.25) is 0 Å². The van der Waals surface area contributed by atoms with Gasteiger partial charge in [-0.25, -0.2) is 9.97 Å². The molecule has 72 valence electrons. The Labute approximate surface area is 90.3 Å². The van der Waals surface area contributed by atoms with E-state index in [0.29, 0.717) is 16.1 Å². The number of carbonyl (C=O) groups excluding carboxylic acids is 1. The van der Waals surface area contributed by atoms with Crippen molar-refractivity contribution in [3.05, 3.63) is 16.5 Å². The summed E-state index contributed by atoms with van der Waals surface area (Å²) < 4.78 is 0.587. The van der Waals surface area contributed by atoms with Crippen molar-refractivity contribution in [1.29, 1.82) is 0 Å². The maximum absolute atomic E-state index is 10.8. The second-order valence-electron chi connectivity index (χ2n) is 2.45. The van der Waals surface area contributed by atoms with Crippen molar-refractivity contribution in [3.8, 4) is 11.8 Å². The maximum atomic E-state index is 10.8. The number of halogens is 1. The Morgan fingerprint density at radius 1 is 1.64 bits per heavy atom. The summed E-state index contributed by atoms with van der Waals surface area (Å²) in [6.07, 6.45) is 1.51.